The Morgan fingerprint density at radius 3 is 2.35 bits per heavy atom. The SMILES string of the molecule is CNC(=O)N1N=C(c2ccc(NC(=O)OC(C)(C)C)cc2)c2cc(OC)ccc2C1C. The minimum Gasteiger partial charge on any atom is -0.497 e. The number of hydrogen-bond donors (Lipinski definition) is 2. The first-order chi connectivity index (χ1) is 14.6. The summed E-state index contributed by atoms with van der Waals surface area (Å²) >= 11 is 0. The molecule has 0 saturated heterocycles. The first-order valence-corrected chi connectivity index (χ1v) is 10.0. The summed E-state index contributed by atoms with van der Waals surface area (Å²) in [5.41, 5.74) is 3.30. The van der Waals surface area contributed by atoms with Crippen molar-refractivity contribution >= 4 is 23.5 Å². The zero-order valence-corrected chi connectivity index (χ0v) is 18.6. The highest BCUT2D eigenvalue weighted by Crippen LogP contribution is 2.34. The molecular weight excluding hydrogens is 396 g/mol. The lowest BCUT2D eigenvalue weighted by atomic mass is 9.92. The molecule has 3 rings (SSSR count). The number of methoxy groups -OCH3 is 1. The van der Waals surface area contributed by atoms with Crippen molar-refractivity contribution in [2.45, 2.75) is 39.3 Å². The van der Waals surface area contributed by atoms with Crippen LogP contribution in [0.25, 0.3) is 0 Å². The highest BCUT2D eigenvalue weighted by atomic mass is 16.6. The van der Waals surface area contributed by atoms with Crippen LogP contribution in [0.1, 0.15) is 50.4 Å². The van der Waals surface area contributed by atoms with Gasteiger partial charge in [0.15, 0.2) is 0 Å². The highest BCUT2D eigenvalue weighted by Gasteiger charge is 2.30. The van der Waals surface area contributed by atoms with Crippen LogP contribution < -0.4 is 15.4 Å². The second-order valence-corrected chi connectivity index (χ2v) is 8.18. The van der Waals surface area contributed by atoms with Crippen LogP contribution in [0.2, 0.25) is 0 Å². The number of carbonyl (C=O) groups is 2. The maximum atomic E-state index is 12.4. The number of urea groups is 1. The lowest BCUT2D eigenvalue weighted by molar-refractivity contribution is 0.0636. The van der Waals surface area contributed by atoms with E-state index in [9.17, 15) is 9.59 Å². The van der Waals surface area contributed by atoms with Crippen molar-refractivity contribution < 1.29 is 19.1 Å². The number of anilines is 1. The largest absolute Gasteiger partial charge is 0.497 e. The van der Waals surface area contributed by atoms with Crippen molar-refractivity contribution in [3.63, 3.8) is 0 Å². The summed E-state index contributed by atoms with van der Waals surface area (Å²) in [7, 11) is 3.18. The maximum Gasteiger partial charge on any atom is 0.412 e. The molecule has 0 saturated carbocycles. The summed E-state index contributed by atoms with van der Waals surface area (Å²) in [6, 6.07) is 12.4. The number of rotatable bonds is 3. The van der Waals surface area contributed by atoms with Gasteiger partial charge in [-0.2, -0.15) is 5.10 Å². The van der Waals surface area contributed by atoms with Crippen LogP contribution in [-0.2, 0) is 4.74 Å². The van der Waals surface area contributed by atoms with Crippen LogP contribution in [0.15, 0.2) is 47.6 Å². The first-order valence-electron chi connectivity index (χ1n) is 10.0. The molecule has 2 N–H and O–H groups in total. The Morgan fingerprint density at radius 1 is 1.10 bits per heavy atom. The Kier molecular flexibility index (Phi) is 6.19. The monoisotopic (exact) mass is 424 g/mol. The molecule has 1 aliphatic rings. The quantitative estimate of drug-likeness (QED) is 0.758. The van der Waals surface area contributed by atoms with Gasteiger partial charge in [0.25, 0.3) is 0 Å². The third kappa shape index (κ3) is 4.96. The fourth-order valence-corrected chi connectivity index (χ4v) is 3.29. The molecular formula is C23H28N4O4. The van der Waals surface area contributed by atoms with E-state index in [0.29, 0.717) is 17.1 Å². The van der Waals surface area contributed by atoms with E-state index < -0.39 is 11.7 Å². The number of amides is 3. The van der Waals surface area contributed by atoms with Crippen molar-refractivity contribution in [1.29, 1.82) is 0 Å². The first kappa shape index (κ1) is 22.1. The molecule has 2 aromatic rings. The molecule has 1 atom stereocenters. The molecule has 8 heteroatoms. The molecule has 1 unspecified atom stereocenters. The predicted molar refractivity (Wildman–Crippen MR) is 120 cm³/mol. The molecule has 0 fully saturated rings. The van der Waals surface area contributed by atoms with Crippen molar-refractivity contribution in [3.8, 4) is 5.75 Å². The minimum absolute atomic E-state index is 0.238. The molecule has 1 aliphatic heterocycles. The molecule has 0 aromatic heterocycles. The zero-order valence-electron chi connectivity index (χ0n) is 18.6. The molecule has 8 nitrogen and oxygen atoms in total. The Morgan fingerprint density at radius 2 is 1.77 bits per heavy atom. The van der Waals surface area contributed by atoms with Crippen LogP contribution in [0.4, 0.5) is 15.3 Å². The van der Waals surface area contributed by atoms with Crippen LogP contribution in [0, 0.1) is 0 Å². The Balaban J connectivity index is 1.96. The summed E-state index contributed by atoms with van der Waals surface area (Å²) in [6.45, 7) is 7.35. The van der Waals surface area contributed by atoms with Crippen LogP contribution in [0.5, 0.6) is 5.75 Å². The van der Waals surface area contributed by atoms with Gasteiger partial charge < -0.3 is 14.8 Å². The molecule has 0 aliphatic carbocycles. The second-order valence-electron chi connectivity index (χ2n) is 8.18. The molecule has 2 aromatic carbocycles. The predicted octanol–water partition coefficient (Wildman–Crippen LogP) is 4.51. The lowest BCUT2D eigenvalue weighted by Gasteiger charge is -2.32. The molecule has 3 amide bonds. The minimum atomic E-state index is -0.580. The molecule has 1 heterocycles. The van der Waals surface area contributed by atoms with Gasteiger partial charge in [-0.3, -0.25) is 5.32 Å². The zero-order chi connectivity index (χ0) is 22.8. The average Bonchev–Trinajstić information content (AvgIpc) is 2.72. The maximum absolute atomic E-state index is 12.4. The standard InChI is InChI=1S/C23H28N4O4/c1-14-18-12-11-17(30-6)13-19(18)20(26-27(14)21(28)24-5)15-7-9-16(10-8-15)25-22(29)31-23(2,3)4/h7-14H,1-6H3,(H,24,28)(H,25,29). The van der Waals surface area contributed by atoms with Gasteiger partial charge in [-0.1, -0.05) is 18.2 Å². The van der Waals surface area contributed by atoms with Crippen molar-refractivity contribution in [1.82, 2.24) is 10.3 Å². The molecule has 164 valence electrons. The normalized spacial score (nSPS) is 15.5. The van der Waals surface area contributed by atoms with Crippen molar-refractivity contribution in [2.24, 2.45) is 5.10 Å². The van der Waals surface area contributed by atoms with E-state index >= 15 is 0 Å². The van der Waals surface area contributed by atoms with Gasteiger partial charge in [0.2, 0.25) is 0 Å². The number of fused-ring (bicyclic) bond motifs is 1. The van der Waals surface area contributed by atoms with Gasteiger partial charge in [-0.25, -0.2) is 14.6 Å². The third-order valence-corrected chi connectivity index (χ3v) is 4.77. The molecule has 0 radical (unpaired) electrons. The van der Waals surface area contributed by atoms with E-state index in [0.717, 1.165) is 16.7 Å². The van der Waals surface area contributed by atoms with Crippen LogP contribution >= 0.6 is 0 Å². The molecule has 0 spiro atoms. The number of hydrazone groups is 1. The Labute approximate surface area is 182 Å². The van der Waals surface area contributed by atoms with Crippen molar-refractivity contribution in [2.75, 3.05) is 19.5 Å². The van der Waals surface area contributed by atoms with E-state index in [1.54, 1.807) is 26.3 Å². The van der Waals surface area contributed by atoms with Gasteiger partial charge in [0, 0.05) is 23.9 Å². The van der Waals surface area contributed by atoms with Crippen molar-refractivity contribution in [3.05, 3.63) is 59.2 Å². The van der Waals surface area contributed by atoms with Gasteiger partial charge in [0.1, 0.15) is 11.4 Å². The summed E-state index contributed by atoms with van der Waals surface area (Å²) in [5, 5.41) is 11.4. The van der Waals surface area contributed by atoms with E-state index in [1.807, 2.05) is 58.0 Å². The van der Waals surface area contributed by atoms with Gasteiger partial charge in [0.05, 0.1) is 18.9 Å². The van der Waals surface area contributed by atoms with E-state index in [2.05, 4.69) is 15.7 Å². The Bertz CT molecular complexity index is 1010. The second kappa shape index (κ2) is 8.67. The Hall–Kier alpha value is -3.55. The van der Waals surface area contributed by atoms with E-state index in [1.165, 1.54) is 5.01 Å². The lowest BCUT2D eigenvalue weighted by Crippen LogP contribution is -2.39. The summed E-state index contributed by atoms with van der Waals surface area (Å²) < 4.78 is 10.7. The smallest absolute Gasteiger partial charge is 0.412 e. The van der Waals surface area contributed by atoms with Crippen LogP contribution in [0.3, 0.4) is 0 Å². The summed E-state index contributed by atoms with van der Waals surface area (Å²) in [5.74, 6) is 0.704. The molecule has 31 heavy (non-hydrogen) atoms. The number of nitrogens with zero attached hydrogens (tertiary/aromatic N) is 2. The number of carbonyl (C=O) groups excluding carboxylic acids is 2. The highest BCUT2D eigenvalue weighted by molar-refractivity contribution is 6.15. The summed E-state index contributed by atoms with van der Waals surface area (Å²) in [4.78, 5) is 24.4. The number of benzene rings is 2. The average molecular weight is 425 g/mol. The third-order valence-electron chi connectivity index (χ3n) is 4.77. The summed E-state index contributed by atoms with van der Waals surface area (Å²) in [6.07, 6.45) is -0.523. The van der Waals surface area contributed by atoms with Crippen LogP contribution in [-0.4, -0.2) is 42.6 Å². The van der Waals surface area contributed by atoms with Gasteiger partial charge >= 0.3 is 12.1 Å². The van der Waals surface area contributed by atoms with E-state index in [4.69, 9.17) is 9.47 Å². The number of hydrogen-bond acceptors (Lipinski definition) is 5. The topological polar surface area (TPSA) is 92.3 Å². The number of ether oxygens (including phenoxy) is 2. The number of nitrogens with one attached hydrogen (secondary N) is 2. The van der Waals surface area contributed by atoms with Gasteiger partial charge in [-0.15, -0.1) is 0 Å². The molecule has 0 bridgehead atoms. The van der Waals surface area contributed by atoms with E-state index in [-0.39, 0.29) is 12.1 Å². The fraction of sp³-hybridized carbons (Fsp3) is 0.348. The van der Waals surface area contributed by atoms with Gasteiger partial charge in [-0.05, 0) is 57.5 Å². The fourth-order valence-electron chi connectivity index (χ4n) is 3.29.